The Morgan fingerprint density at radius 1 is 1.53 bits per heavy atom. The van der Waals surface area contributed by atoms with Gasteiger partial charge in [-0.25, -0.2) is 9.18 Å². The molecule has 1 N–H and O–H groups in total. The molecule has 0 aliphatic rings. The molecular formula is C10H7FI2O4. The summed E-state index contributed by atoms with van der Waals surface area (Å²) in [6, 6.07) is 3.10. The summed E-state index contributed by atoms with van der Waals surface area (Å²) in [5, 5.41) is 9.64. The van der Waals surface area contributed by atoms with Gasteiger partial charge in [-0.1, -0.05) is 0 Å². The molecule has 1 aromatic carbocycles. The van der Waals surface area contributed by atoms with E-state index in [0.717, 1.165) is 3.57 Å². The lowest BCUT2D eigenvalue weighted by molar-refractivity contribution is -0.113. The van der Waals surface area contributed by atoms with Crippen molar-refractivity contribution in [3.05, 3.63) is 24.8 Å². The first-order valence-electron chi connectivity index (χ1n) is 4.40. The maximum absolute atomic E-state index is 12.6. The molecule has 0 aliphatic heterocycles. The fourth-order valence-electron chi connectivity index (χ4n) is 0.994. The Labute approximate surface area is 124 Å². The van der Waals surface area contributed by atoms with Crippen LogP contribution in [0.15, 0.2) is 12.1 Å². The van der Waals surface area contributed by atoms with E-state index >= 15 is 0 Å². The first-order chi connectivity index (χ1) is 7.95. The molecule has 0 amide bonds. The molecule has 0 bridgehead atoms. The molecule has 0 spiro atoms. The summed E-state index contributed by atoms with van der Waals surface area (Å²) >= 11 is 3.84. The summed E-state index contributed by atoms with van der Waals surface area (Å²) < 4.78 is 18.4. The van der Waals surface area contributed by atoms with Crippen molar-refractivity contribution in [2.24, 2.45) is 0 Å². The van der Waals surface area contributed by atoms with Gasteiger partial charge in [-0.05, 0) is 57.3 Å². The second kappa shape index (κ2) is 6.47. The number of carbonyl (C=O) groups is 2. The van der Waals surface area contributed by atoms with E-state index in [0.29, 0.717) is 3.57 Å². The second-order valence-corrected chi connectivity index (χ2v) is 5.44. The smallest absolute Gasteiger partial charge is 0.342 e. The lowest BCUT2D eigenvalue weighted by Gasteiger charge is -2.08. The molecule has 0 radical (unpaired) electrons. The Morgan fingerprint density at radius 2 is 2.18 bits per heavy atom. The molecule has 0 heterocycles. The van der Waals surface area contributed by atoms with Gasteiger partial charge in [0.1, 0.15) is 17.9 Å². The summed E-state index contributed by atoms with van der Waals surface area (Å²) in [6.07, 6.45) is -1.80. The summed E-state index contributed by atoms with van der Waals surface area (Å²) in [5.74, 6) is -1.07. The molecule has 92 valence electrons. The third kappa shape index (κ3) is 4.05. The highest BCUT2D eigenvalue weighted by molar-refractivity contribution is 14.1. The molecular weight excluding hydrogens is 457 g/mol. The molecule has 0 aromatic heterocycles. The molecule has 0 saturated carbocycles. The monoisotopic (exact) mass is 464 g/mol. The van der Waals surface area contributed by atoms with Crippen molar-refractivity contribution >= 4 is 57.4 Å². The van der Waals surface area contributed by atoms with Gasteiger partial charge in [0, 0.05) is 3.57 Å². The van der Waals surface area contributed by atoms with E-state index in [-0.39, 0.29) is 17.6 Å². The maximum Gasteiger partial charge on any atom is 0.342 e. The molecule has 1 atom stereocenters. The van der Waals surface area contributed by atoms with Crippen LogP contribution >= 0.6 is 45.2 Å². The number of alkyl halides is 1. The fourth-order valence-corrected chi connectivity index (χ4v) is 2.84. The zero-order valence-electron chi connectivity index (χ0n) is 8.32. The lowest BCUT2D eigenvalue weighted by atomic mass is 10.2. The first kappa shape index (κ1) is 14.6. The minimum absolute atomic E-state index is 0.0422. The molecule has 7 heteroatoms. The van der Waals surface area contributed by atoms with E-state index in [2.05, 4.69) is 4.74 Å². The number of phenols is 1. The number of phenolic OH excluding ortho intramolecular Hbond substituents is 1. The van der Waals surface area contributed by atoms with Gasteiger partial charge in [0.2, 0.25) is 0 Å². The Kier molecular flexibility index (Phi) is 5.56. The number of hydrogen-bond donors (Lipinski definition) is 1. The molecule has 1 unspecified atom stereocenters. The number of halogens is 3. The van der Waals surface area contributed by atoms with E-state index in [9.17, 15) is 19.1 Å². The number of benzene rings is 1. The number of rotatable bonds is 4. The number of carbonyl (C=O) groups excluding carboxylic acids is 2. The SMILES string of the molecule is O=CC(F)COC(=O)c1cc(I)cc(I)c1O. The van der Waals surface area contributed by atoms with Gasteiger partial charge in [0.25, 0.3) is 0 Å². The quantitative estimate of drug-likeness (QED) is 0.423. The number of aldehydes is 1. The minimum Gasteiger partial charge on any atom is -0.506 e. The molecule has 0 fully saturated rings. The topological polar surface area (TPSA) is 63.6 Å². The Bertz CT molecular complexity index is 450. The van der Waals surface area contributed by atoms with Crippen molar-refractivity contribution in [3.8, 4) is 5.75 Å². The minimum atomic E-state index is -1.84. The number of aromatic hydroxyl groups is 1. The van der Waals surface area contributed by atoms with Crippen LogP contribution in [0.1, 0.15) is 10.4 Å². The molecule has 1 aromatic rings. The van der Waals surface area contributed by atoms with Crippen LogP contribution in [0.3, 0.4) is 0 Å². The van der Waals surface area contributed by atoms with Crippen LogP contribution in [0.4, 0.5) is 4.39 Å². The predicted octanol–water partition coefficient (Wildman–Crippen LogP) is 2.30. The van der Waals surface area contributed by atoms with Crippen LogP contribution in [-0.4, -0.2) is 30.1 Å². The van der Waals surface area contributed by atoms with E-state index in [1.54, 1.807) is 6.07 Å². The Balaban J connectivity index is 2.85. The Hall–Kier alpha value is -0.450. The van der Waals surface area contributed by atoms with E-state index < -0.39 is 18.7 Å². The number of esters is 1. The molecule has 4 nitrogen and oxygen atoms in total. The van der Waals surface area contributed by atoms with Crippen LogP contribution in [0.5, 0.6) is 5.75 Å². The van der Waals surface area contributed by atoms with Crippen LogP contribution in [0, 0.1) is 7.14 Å². The molecule has 0 saturated heterocycles. The van der Waals surface area contributed by atoms with Crippen molar-refractivity contribution < 1.29 is 23.8 Å². The van der Waals surface area contributed by atoms with E-state index in [1.807, 2.05) is 45.2 Å². The molecule has 0 aliphatic carbocycles. The van der Waals surface area contributed by atoms with Crippen molar-refractivity contribution in [1.82, 2.24) is 0 Å². The maximum atomic E-state index is 12.6. The van der Waals surface area contributed by atoms with Gasteiger partial charge in [-0.15, -0.1) is 0 Å². The van der Waals surface area contributed by atoms with Crippen LogP contribution in [-0.2, 0) is 9.53 Å². The number of hydrogen-bond acceptors (Lipinski definition) is 4. The summed E-state index contributed by atoms with van der Waals surface area (Å²) in [7, 11) is 0. The van der Waals surface area contributed by atoms with Crippen LogP contribution < -0.4 is 0 Å². The predicted molar refractivity (Wildman–Crippen MR) is 74.8 cm³/mol. The van der Waals surface area contributed by atoms with Crippen LogP contribution in [0.25, 0.3) is 0 Å². The summed E-state index contributed by atoms with van der Waals surface area (Å²) in [4.78, 5) is 21.5. The summed E-state index contributed by atoms with van der Waals surface area (Å²) in [6.45, 7) is -0.649. The molecule has 17 heavy (non-hydrogen) atoms. The second-order valence-electron chi connectivity index (χ2n) is 3.03. The normalized spacial score (nSPS) is 11.9. The van der Waals surface area contributed by atoms with Gasteiger partial charge in [-0.3, -0.25) is 4.79 Å². The van der Waals surface area contributed by atoms with Crippen molar-refractivity contribution in [3.63, 3.8) is 0 Å². The highest BCUT2D eigenvalue weighted by Gasteiger charge is 2.17. The first-order valence-corrected chi connectivity index (χ1v) is 6.56. The molecule has 1 rings (SSSR count). The largest absolute Gasteiger partial charge is 0.506 e. The average Bonchev–Trinajstić information content (AvgIpc) is 2.30. The highest BCUT2D eigenvalue weighted by atomic mass is 127. The standard InChI is InChI=1S/C10H7FI2O4/c11-5(3-14)4-17-10(16)7-1-6(12)2-8(13)9(7)15/h1-3,5,15H,4H2. The van der Waals surface area contributed by atoms with Gasteiger partial charge in [0.15, 0.2) is 12.5 Å². The van der Waals surface area contributed by atoms with Gasteiger partial charge in [-0.2, -0.15) is 0 Å². The zero-order valence-corrected chi connectivity index (χ0v) is 12.6. The van der Waals surface area contributed by atoms with Crippen LogP contribution in [0.2, 0.25) is 0 Å². The van der Waals surface area contributed by atoms with Crippen molar-refractivity contribution in [2.45, 2.75) is 6.17 Å². The van der Waals surface area contributed by atoms with Gasteiger partial charge < -0.3 is 9.84 Å². The zero-order chi connectivity index (χ0) is 13.0. The fraction of sp³-hybridized carbons (Fsp3) is 0.200. The highest BCUT2D eigenvalue weighted by Crippen LogP contribution is 2.27. The van der Waals surface area contributed by atoms with E-state index in [4.69, 9.17) is 0 Å². The van der Waals surface area contributed by atoms with Gasteiger partial charge >= 0.3 is 5.97 Å². The lowest BCUT2D eigenvalue weighted by Crippen LogP contribution is -2.16. The number of ether oxygens (including phenoxy) is 1. The van der Waals surface area contributed by atoms with Gasteiger partial charge in [0.05, 0.1) is 3.57 Å². The third-order valence-electron chi connectivity index (χ3n) is 1.77. The van der Waals surface area contributed by atoms with E-state index in [1.165, 1.54) is 6.07 Å². The Morgan fingerprint density at radius 3 is 2.76 bits per heavy atom. The van der Waals surface area contributed by atoms with Crippen molar-refractivity contribution in [2.75, 3.05) is 6.61 Å². The van der Waals surface area contributed by atoms with Crippen molar-refractivity contribution in [1.29, 1.82) is 0 Å². The average molecular weight is 464 g/mol. The summed E-state index contributed by atoms with van der Waals surface area (Å²) in [5.41, 5.74) is -0.0422. The third-order valence-corrected chi connectivity index (χ3v) is 3.21.